The highest BCUT2D eigenvalue weighted by Crippen LogP contribution is 2.36. The number of aryl methyl sites for hydroxylation is 1. The molecule has 0 radical (unpaired) electrons. The van der Waals surface area contributed by atoms with Gasteiger partial charge in [-0.05, 0) is 27.9 Å². The first kappa shape index (κ1) is 17.4. The van der Waals surface area contributed by atoms with E-state index in [1.54, 1.807) is 10.9 Å². The smallest absolute Gasteiger partial charge is 0.350 e. The zero-order chi connectivity index (χ0) is 16.3. The van der Waals surface area contributed by atoms with E-state index >= 15 is 0 Å². The Hall–Kier alpha value is -1.64. The summed E-state index contributed by atoms with van der Waals surface area (Å²) in [5.74, 6) is -0.686. The molecule has 0 spiro atoms. The van der Waals surface area contributed by atoms with Crippen LogP contribution in [-0.4, -0.2) is 51.6 Å². The maximum atomic E-state index is 13.1. The van der Waals surface area contributed by atoms with Gasteiger partial charge in [0.15, 0.2) is 0 Å². The lowest BCUT2D eigenvalue weighted by Gasteiger charge is -2.37. The normalized spacial score (nSPS) is 15.0. The molecule has 6 nitrogen and oxygen atoms in total. The van der Waals surface area contributed by atoms with Crippen molar-refractivity contribution in [1.29, 1.82) is 0 Å². The van der Waals surface area contributed by atoms with Crippen LogP contribution in [-0.2, 0) is 17.9 Å². The van der Waals surface area contributed by atoms with Crippen LogP contribution in [0.25, 0.3) is 0 Å². The van der Waals surface area contributed by atoms with Crippen LogP contribution in [0.15, 0.2) is 6.20 Å². The van der Waals surface area contributed by atoms with E-state index in [9.17, 15) is 18.0 Å². The van der Waals surface area contributed by atoms with Crippen LogP contribution >= 0.6 is 0 Å². The predicted molar refractivity (Wildman–Crippen MR) is 70.3 cm³/mol. The van der Waals surface area contributed by atoms with Crippen LogP contribution < -0.4 is 5.32 Å². The topological polar surface area (TPSA) is 63.1 Å². The molecule has 0 saturated carbocycles. The summed E-state index contributed by atoms with van der Waals surface area (Å²) in [6.07, 6.45) is -3.54. The number of hydrogen-bond acceptors (Lipinski definition) is 4. The van der Waals surface area contributed by atoms with Crippen molar-refractivity contribution in [1.82, 2.24) is 25.2 Å². The zero-order valence-corrected chi connectivity index (χ0v) is 12.5. The number of aromatic nitrogens is 3. The van der Waals surface area contributed by atoms with Crippen molar-refractivity contribution in [3.8, 4) is 0 Å². The SMILES string of the molecule is CCn1cc(CNC(=O)CC(C)(N(C)C)C(F)(F)F)nn1. The van der Waals surface area contributed by atoms with Crippen LogP contribution in [0, 0.1) is 0 Å². The fourth-order valence-corrected chi connectivity index (χ4v) is 1.65. The Kier molecular flexibility index (Phi) is 5.32. The molecule has 1 amide bonds. The lowest BCUT2D eigenvalue weighted by Crippen LogP contribution is -2.55. The first-order chi connectivity index (χ1) is 9.60. The van der Waals surface area contributed by atoms with E-state index in [-0.39, 0.29) is 6.54 Å². The van der Waals surface area contributed by atoms with Gasteiger partial charge in [0.2, 0.25) is 5.91 Å². The summed E-state index contributed by atoms with van der Waals surface area (Å²) in [4.78, 5) is 12.8. The molecule has 0 saturated heterocycles. The minimum atomic E-state index is -4.50. The third kappa shape index (κ3) is 4.16. The minimum Gasteiger partial charge on any atom is -0.350 e. The summed E-state index contributed by atoms with van der Waals surface area (Å²) in [6, 6.07) is 0. The molecule has 1 atom stereocenters. The average molecular weight is 307 g/mol. The van der Waals surface area contributed by atoms with E-state index in [4.69, 9.17) is 0 Å². The fourth-order valence-electron chi connectivity index (χ4n) is 1.65. The summed E-state index contributed by atoms with van der Waals surface area (Å²) in [5, 5.41) is 10.0. The summed E-state index contributed by atoms with van der Waals surface area (Å²) < 4.78 is 40.8. The second-order valence-electron chi connectivity index (χ2n) is 5.19. The van der Waals surface area contributed by atoms with E-state index in [0.29, 0.717) is 12.2 Å². The van der Waals surface area contributed by atoms with Gasteiger partial charge >= 0.3 is 6.18 Å². The molecule has 120 valence electrons. The number of halogens is 3. The molecule has 21 heavy (non-hydrogen) atoms. The molecule has 1 N–H and O–H groups in total. The second kappa shape index (κ2) is 6.42. The Morgan fingerprint density at radius 2 is 2.05 bits per heavy atom. The fraction of sp³-hybridized carbons (Fsp3) is 0.750. The number of hydrogen-bond donors (Lipinski definition) is 1. The van der Waals surface area contributed by atoms with Crippen LogP contribution in [0.5, 0.6) is 0 Å². The summed E-state index contributed by atoms with van der Waals surface area (Å²) in [7, 11) is 2.60. The van der Waals surface area contributed by atoms with E-state index < -0.39 is 24.0 Å². The first-order valence-corrected chi connectivity index (χ1v) is 6.50. The van der Waals surface area contributed by atoms with E-state index in [0.717, 1.165) is 11.8 Å². The van der Waals surface area contributed by atoms with Crippen molar-refractivity contribution in [3.05, 3.63) is 11.9 Å². The molecular weight excluding hydrogens is 287 g/mol. The van der Waals surface area contributed by atoms with Crippen LogP contribution in [0.1, 0.15) is 26.0 Å². The lowest BCUT2D eigenvalue weighted by atomic mass is 9.95. The number of carbonyl (C=O) groups is 1. The number of nitrogens with zero attached hydrogens (tertiary/aromatic N) is 4. The Labute approximate surface area is 121 Å². The molecule has 1 rings (SSSR count). The molecule has 0 bridgehead atoms. The Morgan fingerprint density at radius 3 is 2.48 bits per heavy atom. The highest BCUT2D eigenvalue weighted by atomic mass is 19.4. The maximum absolute atomic E-state index is 13.1. The monoisotopic (exact) mass is 307 g/mol. The maximum Gasteiger partial charge on any atom is 0.407 e. The van der Waals surface area contributed by atoms with E-state index in [1.165, 1.54) is 14.1 Å². The van der Waals surface area contributed by atoms with Crippen molar-refractivity contribution in [2.75, 3.05) is 14.1 Å². The predicted octanol–water partition coefficient (Wildman–Crippen LogP) is 1.19. The molecule has 0 aliphatic heterocycles. The van der Waals surface area contributed by atoms with Gasteiger partial charge < -0.3 is 5.32 Å². The molecule has 0 aliphatic carbocycles. The number of amides is 1. The van der Waals surface area contributed by atoms with Gasteiger partial charge in [0.1, 0.15) is 11.2 Å². The van der Waals surface area contributed by atoms with E-state index in [2.05, 4.69) is 15.6 Å². The van der Waals surface area contributed by atoms with Gasteiger partial charge in [-0.1, -0.05) is 5.21 Å². The van der Waals surface area contributed by atoms with Crippen molar-refractivity contribution < 1.29 is 18.0 Å². The van der Waals surface area contributed by atoms with Crippen molar-refractivity contribution in [3.63, 3.8) is 0 Å². The standard InChI is InChI=1S/C12H20F3N5O/c1-5-20-8-9(17-18-20)7-16-10(21)6-11(2,19(3)4)12(13,14)15/h8H,5-7H2,1-4H3,(H,16,21). The van der Waals surface area contributed by atoms with Crippen LogP contribution in [0.4, 0.5) is 13.2 Å². The number of alkyl halides is 3. The Bertz CT molecular complexity index is 485. The third-order valence-electron chi connectivity index (χ3n) is 3.48. The van der Waals surface area contributed by atoms with Crippen molar-refractivity contribution >= 4 is 5.91 Å². The summed E-state index contributed by atoms with van der Waals surface area (Å²) in [6.45, 7) is 3.57. The molecule has 1 aromatic rings. The number of carbonyl (C=O) groups excluding carboxylic acids is 1. The van der Waals surface area contributed by atoms with Crippen molar-refractivity contribution in [2.45, 2.75) is 45.1 Å². The van der Waals surface area contributed by atoms with Gasteiger partial charge in [-0.3, -0.25) is 14.4 Å². The van der Waals surface area contributed by atoms with Crippen molar-refractivity contribution in [2.24, 2.45) is 0 Å². The molecule has 1 unspecified atom stereocenters. The Morgan fingerprint density at radius 1 is 1.43 bits per heavy atom. The van der Waals surface area contributed by atoms with Gasteiger partial charge in [-0.2, -0.15) is 13.2 Å². The molecule has 1 heterocycles. The van der Waals surface area contributed by atoms with E-state index in [1.807, 2.05) is 6.92 Å². The van der Waals surface area contributed by atoms with Gasteiger partial charge in [-0.25, -0.2) is 0 Å². The highest BCUT2D eigenvalue weighted by Gasteiger charge is 2.53. The molecule has 9 heteroatoms. The molecule has 0 aromatic carbocycles. The van der Waals surface area contributed by atoms with Gasteiger partial charge in [0, 0.05) is 6.54 Å². The minimum absolute atomic E-state index is 0.0558. The van der Waals surface area contributed by atoms with Crippen LogP contribution in [0.3, 0.4) is 0 Å². The summed E-state index contributed by atoms with van der Waals surface area (Å²) >= 11 is 0. The van der Waals surface area contributed by atoms with Gasteiger partial charge in [0.05, 0.1) is 19.2 Å². The molecule has 0 fully saturated rings. The molecular formula is C12H20F3N5O. The lowest BCUT2D eigenvalue weighted by molar-refractivity contribution is -0.221. The average Bonchev–Trinajstić information content (AvgIpc) is 2.82. The summed E-state index contributed by atoms with van der Waals surface area (Å²) in [5.41, 5.74) is -1.71. The first-order valence-electron chi connectivity index (χ1n) is 6.50. The van der Waals surface area contributed by atoms with Crippen LogP contribution in [0.2, 0.25) is 0 Å². The third-order valence-corrected chi connectivity index (χ3v) is 3.48. The molecule has 0 aliphatic rings. The quantitative estimate of drug-likeness (QED) is 0.857. The van der Waals surface area contributed by atoms with Gasteiger partial charge in [0.25, 0.3) is 0 Å². The number of rotatable bonds is 6. The Balaban J connectivity index is 2.63. The largest absolute Gasteiger partial charge is 0.407 e. The molecule has 1 aromatic heterocycles. The zero-order valence-electron chi connectivity index (χ0n) is 12.5. The number of nitrogens with one attached hydrogen (secondary N) is 1. The second-order valence-corrected chi connectivity index (χ2v) is 5.19. The highest BCUT2D eigenvalue weighted by molar-refractivity contribution is 5.77. The van der Waals surface area contributed by atoms with Gasteiger partial charge in [-0.15, -0.1) is 5.10 Å².